The summed E-state index contributed by atoms with van der Waals surface area (Å²) in [6.07, 6.45) is 2.50. The largest absolute Gasteiger partial charge is 0.457 e. The quantitative estimate of drug-likeness (QED) is 0.243. The number of hydrogen-bond acceptors (Lipinski definition) is 4. The molecule has 0 amide bonds. The number of carbonyl (C=O) groups is 1. The highest BCUT2D eigenvalue weighted by atomic mass is 32.2. The SMILES string of the molecule is CC(=O)O[C@H](CC=C(Sc1ccccc1)Sc1ccccc1)c1ccc(C(C)C)cc1. The first-order chi connectivity index (χ1) is 15.0. The molecule has 0 saturated heterocycles. The number of esters is 1. The van der Waals surface area contributed by atoms with E-state index in [4.69, 9.17) is 4.74 Å². The fraction of sp³-hybridized carbons (Fsp3) is 0.222. The van der Waals surface area contributed by atoms with Crippen LogP contribution in [-0.2, 0) is 9.53 Å². The van der Waals surface area contributed by atoms with Gasteiger partial charge in [-0.2, -0.15) is 0 Å². The molecular formula is C27H28O2S2. The van der Waals surface area contributed by atoms with Gasteiger partial charge in [0.2, 0.25) is 0 Å². The Balaban J connectivity index is 1.83. The van der Waals surface area contributed by atoms with Crippen LogP contribution >= 0.6 is 23.5 Å². The molecule has 0 aliphatic rings. The van der Waals surface area contributed by atoms with Gasteiger partial charge in [0, 0.05) is 27.4 Å². The van der Waals surface area contributed by atoms with Crippen LogP contribution in [-0.4, -0.2) is 5.97 Å². The van der Waals surface area contributed by atoms with Crippen LogP contribution in [0.15, 0.2) is 105 Å². The lowest BCUT2D eigenvalue weighted by Gasteiger charge is -2.18. The normalized spacial score (nSPS) is 11.7. The number of carbonyl (C=O) groups excluding carboxylic acids is 1. The third-order valence-electron chi connectivity index (χ3n) is 4.71. The monoisotopic (exact) mass is 448 g/mol. The molecule has 0 fully saturated rings. The number of ether oxygens (including phenoxy) is 1. The van der Waals surface area contributed by atoms with E-state index in [1.54, 1.807) is 23.5 Å². The minimum atomic E-state index is -0.304. The molecule has 0 radical (unpaired) electrons. The Morgan fingerprint density at radius 2 is 1.29 bits per heavy atom. The molecule has 0 aliphatic carbocycles. The molecule has 0 aliphatic heterocycles. The van der Waals surface area contributed by atoms with Crippen LogP contribution in [0.5, 0.6) is 0 Å². The van der Waals surface area contributed by atoms with Crippen LogP contribution < -0.4 is 0 Å². The van der Waals surface area contributed by atoms with Gasteiger partial charge in [0.25, 0.3) is 0 Å². The van der Waals surface area contributed by atoms with Crippen molar-refractivity contribution in [2.24, 2.45) is 0 Å². The average Bonchev–Trinajstić information content (AvgIpc) is 2.77. The highest BCUT2D eigenvalue weighted by molar-refractivity contribution is 8.22. The zero-order valence-electron chi connectivity index (χ0n) is 18.2. The van der Waals surface area contributed by atoms with Crippen LogP contribution in [0.25, 0.3) is 0 Å². The molecule has 0 aromatic heterocycles. The fourth-order valence-electron chi connectivity index (χ4n) is 3.06. The molecule has 3 aromatic rings. The molecule has 3 aromatic carbocycles. The molecule has 0 unspecified atom stereocenters. The lowest BCUT2D eigenvalue weighted by molar-refractivity contribution is -0.146. The van der Waals surface area contributed by atoms with E-state index < -0.39 is 0 Å². The zero-order valence-corrected chi connectivity index (χ0v) is 19.8. The maximum absolute atomic E-state index is 11.8. The highest BCUT2D eigenvalue weighted by Gasteiger charge is 2.15. The third kappa shape index (κ3) is 7.64. The summed E-state index contributed by atoms with van der Waals surface area (Å²) in [5.74, 6) is 0.205. The Morgan fingerprint density at radius 3 is 1.74 bits per heavy atom. The lowest BCUT2D eigenvalue weighted by Crippen LogP contribution is -2.08. The van der Waals surface area contributed by atoms with E-state index >= 15 is 0 Å². The third-order valence-corrected chi connectivity index (χ3v) is 6.96. The molecule has 0 heterocycles. The summed E-state index contributed by atoms with van der Waals surface area (Å²) in [4.78, 5) is 14.1. The smallest absolute Gasteiger partial charge is 0.303 e. The van der Waals surface area contributed by atoms with Gasteiger partial charge in [-0.3, -0.25) is 4.79 Å². The van der Waals surface area contributed by atoms with E-state index in [1.165, 1.54) is 22.3 Å². The molecule has 31 heavy (non-hydrogen) atoms. The van der Waals surface area contributed by atoms with Gasteiger partial charge in [-0.25, -0.2) is 0 Å². The maximum Gasteiger partial charge on any atom is 0.303 e. The van der Waals surface area contributed by atoms with Crippen LogP contribution in [0.3, 0.4) is 0 Å². The summed E-state index contributed by atoms with van der Waals surface area (Å²) in [5, 5.41) is 0. The molecule has 2 nitrogen and oxygen atoms in total. The van der Waals surface area contributed by atoms with Gasteiger partial charge in [0.05, 0.1) is 0 Å². The van der Waals surface area contributed by atoms with Crippen molar-refractivity contribution in [3.8, 4) is 0 Å². The Bertz CT molecular complexity index is 937. The van der Waals surface area contributed by atoms with Gasteiger partial charge in [-0.05, 0) is 41.3 Å². The average molecular weight is 449 g/mol. The van der Waals surface area contributed by atoms with E-state index in [-0.39, 0.29) is 12.1 Å². The summed E-state index contributed by atoms with van der Waals surface area (Å²) in [6, 6.07) is 29.1. The maximum atomic E-state index is 11.8. The number of rotatable bonds is 9. The van der Waals surface area contributed by atoms with Crippen molar-refractivity contribution < 1.29 is 9.53 Å². The van der Waals surface area contributed by atoms with E-state index in [1.807, 2.05) is 36.4 Å². The molecule has 0 N–H and O–H groups in total. The van der Waals surface area contributed by atoms with E-state index in [0.29, 0.717) is 12.3 Å². The predicted octanol–water partition coefficient (Wildman–Crippen LogP) is 8.23. The molecule has 4 heteroatoms. The van der Waals surface area contributed by atoms with Crippen molar-refractivity contribution >= 4 is 29.5 Å². The van der Waals surface area contributed by atoms with Crippen LogP contribution in [0, 0.1) is 0 Å². The molecule has 0 saturated carbocycles. The van der Waals surface area contributed by atoms with Crippen LogP contribution in [0.4, 0.5) is 0 Å². The second kappa shape index (κ2) is 11.8. The number of thioether (sulfide) groups is 2. The lowest BCUT2D eigenvalue weighted by atomic mass is 9.99. The second-order valence-electron chi connectivity index (χ2n) is 7.51. The number of hydrogen-bond donors (Lipinski definition) is 0. The van der Waals surface area contributed by atoms with Gasteiger partial charge < -0.3 is 4.74 Å². The van der Waals surface area contributed by atoms with Crippen molar-refractivity contribution in [1.29, 1.82) is 0 Å². The number of benzene rings is 3. The first kappa shape index (κ1) is 23.2. The van der Waals surface area contributed by atoms with Crippen LogP contribution in [0.2, 0.25) is 0 Å². The minimum Gasteiger partial charge on any atom is -0.457 e. The van der Waals surface area contributed by atoms with Crippen molar-refractivity contribution in [2.75, 3.05) is 0 Å². The van der Waals surface area contributed by atoms with Crippen molar-refractivity contribution in [2.45, 2.75) is 49.0 Å². The van der Waals surface area contributed by atoms with E-state index in [2.05, 4.69) is 68.5 Å². The summed E-state index contributed by atoms with van der Waals surface area (Å²) < 4.78 is 6.85. The second-order valence-corrected chi connectivity index (χ2v) is 10.00. The molecule has 160 valence electrons. The molecule has 0 bridgehead atoms. The summed E-state index contributed by atoms with van der Waals surface area (Å²) in [6.45, 7) is 5.82. The Kier molecular flexibility index (Phi) is 8.86. The highest BCUT2D eigenvalue weighted by Crippen LogP contribution is 2.40. The first-order valence-electron chi connectivity index (χ1n) is 10.4. The zero-order chi connectivity index (χ0) is 22.1. The van der Waals surface area contributed by atoms with Gasteiger partial charge in [0.15, 0.2) is 0 Å². The first-order valence-corrected chi connectivity index (χ1v) is 12.1. The Morgan fingerprint density at radius 1 is 0.806 bits per heavy atom. The Hall–Kier alpha value is -2.43. The van der Waals surface area contributed by atoms with Gasteiger partial charge in [-0.1, -0.05) is 104 Å². The van der Waals surface area contributed by atoms with Gasteiger partial charge in [0.1, 0.15) is 6.10 Å². The molecule has 0 spiro atoms. The standard InChI is InChI=1S/C27H28O2S2/c1-20(2)22-14-16-23(17-15-22)26(29-21(3)28)18-19-27(30-24-10-6-4-7-11-24)31-25-12-8-5-9-13-25/h4-17,19-20,26H,18H2,1-3H3/t26-/m1/s1. The van der Waals surface area contributed by atoms with E-state index in [0.717, 1.165) is 9.80 Å². The predicted molar refractivity (Wildman–Crippen MR) is 132 cm³/mol. The van der Waals surface area contributed by atoms with Gasteiger partial charge >= 0.3 is 5.97 Å². The molecular weight excluding hydrogens is 420 g/mol. The summed E-state index contributed by atoms with van der Waals surface area (Å²) in [7, 11) is 0. The van der Waals surface area contributed by atoms with Crippen molar-refractivity contribution in [1.82, 2.24) is 0 Å². The Labute approximate surface area is 194 Å². The summed E-state index contributed by atoms with van der Waals surface area (Å²) >= 11 is 3.46. The molecule has 1 atom stereocenters. The fourth-order valence-corrected chi connectivity index (χ4v) is 5.22. The van der Waals surface area contributed by atoms with Crippen molar-refractivity contribution in [3.63, 3.8) is 0 Å². The van der Waals surface area contributed by atoms with Crippen molar-refractivity contribution in [3.05, 3.63) is 106 Å². The van der Waals surface area contributed by atoms with Gasteiger partial charge in [-0.15, -0.1) is 0 Å². The van der Waals surface area contributed by atoms with E-state index in [9.17, 15) is 4.79 Å². The minimum absolute atomic E-state index is 0.265. The summed E-state index contributed by atoms with van der Waals surface area (Å²) in [5.41, 5.74) is 2.30. The van der Waals surface area contributed by atoms with Crippen LogP contribution in [0.1, 0.15) is 50.3 Å². The topological polar surface area (TPSA) is 26.3 Å². The molecule has 3 rings (SSSR count).